The van der Waals surface area contributed by atoms with E-state index in [0.29, 0.717) is 68.7 Å². The monoisotopic (exact) mass is 1590 g/mol. The van der Waals surface area contributed by atoms with Gasteiger partial charge in [-0.2, -0.15) is 13.2 Å². The summed E-state index contributed by atoms with van der Waals surface area (Å²) in [5.74, 6) is 2.72. The van der Waals surface area contributed by atoms with E-state index in [2.05, 4.69) is 70.7 Å². The fraction of sp³-hybridized carbons (Fsp3) is 0.613. The Kier molecular flexibility index (Phi) is 27.0. The van der Waals surface area contributed by atoms with Crippen molar-refractivity contribution in [1.29, 1.82) is 0 Å². The maximum atomic E-state index is 13.0. The molecule has 10 N–H and O–H groups in total. The second kappa shape index (κ2) is 36.0. The van der Waals surface area contributed by atoms with Crippen LogP contribution in [0.5, 0.6) is 40.2 Å². The lowest BCUT2D eigenvalue weighted by Crippen LogP contribution is -2.78. The van der Waals surface area contributed by atoms with Gasteiger partial charge in [-0.3, -0.25) is 14.7 Å². The molecule has 12 aliphatic rings. The number of hydrogen-bond donors (Lipinski definition) is 9. The Balaban J connectivity index is 0.000000166. The summed E-state index contributed by atoms with van der Waals surface area (Å²) >= 11 is 0. The van der Waals surface area contributed by atoms with Crippen molar-refractivity contribution in [2.24, 2.45) is 5.73 Å². The molecule has 6 heterocycles. The van der Waals surface area contributed by atoms with Gasteiger partial charge in [0.05, 0.1) is 58.4 Å². The third kappa shape index (κ3) is 15.4. The maximum absolute atomic E-state index is 13.0. The van der Waals surface area contributed by atoms with Gasteiger partial charge in [-0.25, -0.2) is 0 Å². The van der Waals surface area contributed by atoms with Gasteiger partial charge in [0.1, 0.15) is 30.2 Å². The van der Waals surface area contributed by atoms with Crippen LogP contribution in [0.15, 0.2) is 129 Å². The Morgan fingerprint density at radius 2 is 0.974 bits per heavy atom. The minimum atomic E-state index is -4.38. The quantitative estimate of drug-likeness (QED) is 0.0148. The average Bonchev–Trinajstić information content (AvgIpc) is 1.57. The summed E-state index contributed by atoms with van der Waals surface area (Å²) in [6.07, 6.45) is 19.7. The number of piperidine rings is 3. The van der Waals surface area contributed by atoms with Gasteiger partial charge in [0, 0.05) is 98.7 Å². The molecule has 19 nitrogen and oxygen atoms in total. The number of phenolic OH excluding ortho intramolecular Hbond substituents is 3. The predicted molar refractivity (Wildman–Crippen MR) is 444 cm³/mol. The van der Waals surface area contributed by atoms with E-state index in [-0.39, 0.29) is 85.3 Å². The van der Waals surface area contributed by atoms with Crippen LogP contribution in [0, 0.1) is 0 Å². The molecule has 3 spiro atoms. The minimum absolute atomic E-state index is 0. The van der Waals surface area contributed by atoms with Crippen LogP contribution in [0.1, 0.15) is 194 Å². The number of ether oxygens (including phenoxy) is 6. The topological polar surface area (TPSA) is 240 Å². The number of aromatic hydroxyl groups is 3. The van der Waals surface area contributed by atoms with Crippen LogP contribution in [0.25, 0.3) is 0 Å². The van der Waals surface area contributed by atoms with Crippen LogP contribution in [0.4, 0.5) is 13.2 Å². The Morgan fingerprint density at radius 1 is 0.539 bits per heavy atom. The normalized spacial score (nSPS) is 31.1. The van der Waals surface area contributed by atoms with E-state index in [0.717, 1.165) is 203 Å². The van der Waals surface area contributed by atoms with E-state index in [9.17, 15) is 43.8 Å². The second-order valence-electron chi connectivity index (χ2n) is 34.4. The lowest BCUT2D eigenvalue weighted by Gasteiger charge is -2.64. The number of nitrogens with zero attached hydrogens (tertiary/aromatic N) is 4. The van der Waals surface area contributed by atoms with Crippen molar-refractivity contribution in [1.82, 2.24) is 30.2 Å². The molecule has 3 saturated heterocycles. The van der Waals surface area contributed by atoms with Crippen molar-refractivity contribution < 1.29 is 72.2 Å². The van der Waals surface area contributed by atoms with Gasteiger partial charge in [-0.05, 0) is 201 Å². The zero-order valence-corrected chi connectivity index (χ0v) is 67.7. The van der Waals surface area contributed by atoms with Gasteiger partial charge < -0.3 is 80.3 Å². The van der Waals surface area contributed by atoms with Crippen LogP contribution >= 0.6 is 0 Å². The number of aliphatic hydroxyl groups is 3. The molecule has 5 aromatic rings. The number of nitrogens with two attached hydrogens (primary N) is 1. The third-order valence-electron chi connectivity index (χ3n) is 28.3. The van der Waals surface area contributed by atoms with Crippen LogP contribution in [-0.4, -0.2) is 221 Å². The highest BCUT2D eigenvalue weighted by atomic mass is 19.4. The number of rotatable bonds is 31. The van der Waals surface area contributed by atoms with E-state index in [4.69, 9.17) is 34.2 Å². The Bertz CT molecular complexity index is 4140. The number of alkyl halides is 3. The largest absolute Gasteiger partial charge is 0.504 e. The molecule has 6 aliphatic carbocycles. The van der Waals surface area contributed by atoms with Gasteiger partial charge in [0.25, 0.3) is 0 Å². The molecule has 6 aliphatic heterocycles. The molecule has 0 aromatic heterocycles. The van der Waals surface area contributed by atoms with E-state index >= 15 is 0 Å². The highest BCUT2D eigenvalue weighted by Crippen LogP contribution is 2.69. The molecule has 115 heavy (non-hydrogen) atoms. The number of unbranched alkanes of at least 4 members (excludes halogenated alkanes) is 5. The SMILES string of the molecule is C.C=CCN1CC[C@]23c4c5ccc(O)c4O[C@H]2[C@H](N)CC[C@@]3(O)[C@H]1C5.C=CCN1CC[C@]23c4c5ccc(O)c4O[C@H]2[C@H](NCCCC)CC[C@@]3(O)[C@H]1C5.C=CCN1CC[C@]23c4c5ccc(O)c4O[C@H]2[C@H](NCCCCCCOCCOCCN(C)CCC(Oc2ccc(C(F)(F)F)cc2)c2ccccc2)CC[C@@]3(O)[C@H]1C5.CCCC. The summed E-state index contributed by atoms with van der Waals surface area (Å²) in [6.45, 7) is 29.0. The summed E-state index contributed by atoms with van der Waals surface area (Å²) in [4.78, 5) is 9.29. The van der Waals surface area contributed by atoms with Crippen molar-refractivity contribution in [3.05, 3.63) is 173 Å². The van der Waals surface area contributed by atoms with Crippen LogP contribution in [-0.2, 0) is 51.2 Å². The molecule has 0 amide bonds. The fourth-order valence-corrected chi connectivity index (χ4v) is 22.8. The van der Waals surface area contributed by atoms with E-state index in [1.165, 1.54) is 41.7 Å². The predicted octanol–water partition coefficient (Wildman–Crippen LogP) is 13.4. The van der Waals surface area contributed by atoms with Gasteiger partial charge in [0.2, 0.25) is 0 Å². The zero-order chi connectivity index (χ0) is 80.4. The summed E-state index contributed by atoms with van der Waals surface area (Å²) in [7, 11) is 2.02. The first-order valence-corrected chi connectivity index (χ1v) is 42.8. The number of likely N-dealkylation sites (tertiary alicyclic amines) is 3. The van der Waals surface area contributed by atoms with Gasteiger partial charge in [-0.1, -0.05) is 127 Å². The first-order chi connectivity index (χ1) is 55.1. The average molecular weight is 1600 g/mol. The lowest BCUT2D eigenvalue weighted by molar-refractivity contribution is -0.189. The van der Waals surface area contributed by atoms with Crippen molar-refractivity contribution in [3.63, 3.8) is 0 Å². The molecule has 1 unspecified atom stereocenters. The van der Waals surface area contributed by atoms with Crippen LogP contribution < -0.4 is 35.3 Å². The second-order valence-corrected chi connectivity index (χ2v) is 34.4. The van der Waals surface area contributed by atoms with Gasteiger partial charge in [-0.15, -0.1) is 19.7 Å². The number of halogens is 3. The summed E-state index contributed by atoms with van der Waals surface area (Å²) in [6, 6.07) is 26.2. The molecule has 3 saturated carbocycles. The number of benzene rings is 5. The molecule has 22 heteroatoms. The number of hydrogen-bond acceptors (Lipinski definition) is 19. The zero-order valence-electron chi connectivity index (χ0n) is 67.7. The van der Waals surface area contributed by atoms with Gasteiger partial charge in [0.15, 0.2) is 34.5 Å². The highest BCUT2D eigenvalue weighted by molar-refractivity contribution is 5.65. The Hall–Kier alpha value is -6.77. The van der Waals surface area contributed by atoms with E-state index in [1.807, 2.05) is 73.8 Å². The molecule has 17 rings (SSSR count). The number of likely N-dealkylation sites (N-methyl/N-ethyl adjacent to an activating group) is 1. The van der Waals surface area contributed by atoms with Crippen LogP contribution in [0.2, 0.25) is 0 Å². The maximum Gasteiger partial charge on any atom is 0.416 e. The number of nitrogens with one attached hydrogen (secondary N) is 2. The summed E-state index contributed by atoms with van der Waals surface area (Å²) in [5, 5.41) is 76.0. The van der Waals surface area contributed by atoms with Gasteiger partial charge >= 0.3 is 6.18 Å². The number of phenols is 3. The molecule has 6 fully saturated rings. The first-order valence-electron chi connectivity index (χ1n) is 42.8. The molecular formula is C93H130F3N7O12. The van der Waals surface area contributed by atoms with E-state index in [1.54, 1.807) is 18.2 Å². The fourth-order valence-electron chi connectivity index (χ4n) is 22.8. The molecule has 0 radical (unpaired) electrons. The first kappa shape index (κ1) is 86.1. The summed E-state index contributed by atoms with van der Waals surface area (Å²) in [5.41, 5.74) is 9.44. The molecule has 5 aromatic carbocycles. The summed E-state index contributed by atoms with van der Waals surface area (Å²) < 4.78 is 76.2. The third-order valence-corrected chi connectivity index (χ3v) is 28.3. The van der Waals surface area contributed by atoms with Crippen molar-refractivity contribution >= 4 is 0 Å². The Morgan fingerprint density at radius 3 is 1.43 bits per heavy atom. The Labute approximate surface area is 680 Å². The lowest BCUT2D eigenvalue weighted by atomic mass is 9.48. The standard InChI is InChI=1S/C46H60F3N3O6.C23H32N2O3.C19H24N2O3.C4H10.CH4/c1-3-24-52-26-22-44-41-34-13-18-38(53)42(41)58-43(44)37(19-21-45(44,54)40(52)32-34)50-23-9-4-5-10-28-55-30-31-56-29-27-51(2)25-20-39(33-11-7-6-8-12-33)57-36-16-14-35(15-17-36)46(47,48)49;1-3-5-11-24-16-8-9-23(27)18-14-15-6-7-17(26)20-19(15)22(23,21(16)28-20)10-13-25(18)12-4-2;1-2-8-21-9-7-18-15-11-3-4-13(22)16(15)24-17(18)12(20)5-6-19(18,23)14(21)10-11;1-3-4-2;/h3,6-8,11-18,37,39-40,43,50,53-54H,1,4-5,9-10,19-32H2,2H3;4,6-7,16,18,21,24,26-27H,2-3,5,8-14H2,1H3;2-4,12,14,17,22-23H,1,5-10,20H2;3-4H2,1-2H3;1H4/t37-,39?,40-,43+,44+,45-;16-,18-,21+,22+,23-;12-,14-,17+,18+,19-;;/m111../s1. The molecular weight excluding hydrogens is 1460 g/mol. The van der Waals surface area contributed by atoms with Crippen molar-refractivity contribution in [2.45, 2.75) is 263 Å². The van der Waals surface area contributed by atoms with Crippen molar-refractivity contribution in [3.8, 4) is 40.2 Å². The highest BCUT2D eigenvalue weighted by Gasteiger charge is 2.76. The van der Waals surface area contributed by atoms with Crippen LogP contribution in [0.3, 0.4) is 0 Å². The molecule has 16 atom stereocenters. The molecule has 6 bridgehead atoms. The van der Waals surface area contributed by atoms with Crippen molar-refractivity contribution in [2.75, 3.05) is 98.9 Å². The molecule has 630 valence electrons. The minimum Gasteiger partial charge on any atom is -0.504 e. The smallest absolute Gasteiger partial charge is 0.416 e. The van der Waals surface area contributed by atoms with E-state index < -0.39 is 44.8 Å².